The van der Waals surface area contributed by atoms with Crippen LogP contribution in [0.25, 0.3) is 0 Å². The van der Waals surface area contributed by atoms with Crippen molar-refractivity contribution in [2.24, 2.45) is 11.5 Å². The highest BCUT2D eigenvalue weighted by atomic mass is 33.1. The van der Waals surface area contributed by atoms with E-state index in [4.69, 9.17) is 11.5 Å². The van der Waals surface area contributed by atoms with Crippen molar-refractivity contribution < 1.29 is 4.79 Å². The number of carbonyl (C=O) groups excluding carboxylic acids is 1. The molecule has 0 bridgehead atoms. The summed E-state index contributed by atoms with van der Waals surface area (Å²) in [7, 11) is 3.48. The highest BCUT2D eigenvalue weighted by molar-refractivity contribution is 8.76. The van der Waals surface area contributed by atoms with E-state index in [0.29, 0.717) is 32.6 Å². The Kier molecular flexibility index (Phi) is 13.9. The standard InChI is InChI=1S/C19H33N5OS2/c1-17(9-16-26-27-18-7-4-6-13-23-18)22-12-5-2-3-8-19(25)24(14-10-20)15-11-21/h4,6-7,13,22H,1-3,5,8-12,14-16,20-21H2. The second-order valence-electron chi connectivity index (χ2n) is 6.12. The number of carbonyl (C=O) groups is 1. The van der Waals surface area contributed by atoms with Crippen LogP contribution >= 0.6 is 21.6 Å². The molecule has 0 fully saturated rings. The van der Waals surface area contributed by atoms with Gasteiger partial charge in [0.1, 0.15) is 5.03 Å². The van der Waals surface area contributed by atoms with E-state index in [9.17, 15) is 4.79 Å². The van der Waals surface area contributed by atoms with E-state index < -0.39 is 0 Å². The second-order valence-corrected chi connectivity index (χ2v) is 8.56. The summed E-state index contributed by atoms with van der Waals surface area (Å²) in [6.45, 7) is 7.13. The van der Waals surface area contributed by atoms with E-state index in [2.05, 4.69) is 16.9 Å². The molecule has 1 heterocycles. The van der Waals surface area contributed by atoms with Gasteiger partial charge in [0.05, 0.1) is 0 Å². The fourth-order valence-corrected chi connectivity index (χ4v) is 4.36. The molecule has 0 aromatic carbocycles. The van der Waals surface area contributed by atoms with Gasteiger partial charge in [0.2, 0.25) is 5.91 Å². The lowest BCUT2D eigenvalue weighted by Crippen LogP contribution is -2.38. The van der Waals surface area contributed by atoms with Crippen LogP contribution in [0.4, 0.5) is 0 Å². The molecule has 1 rings (SSSR count). The number of hydrogen-bond acceptors (Lipinski definition) is 7. The van der Waals surface area contributed by atoms with E-state index in [-0.39, 0.29) is 5.91 Å². The maximum atomic E-state index is 12.1. The van der Waals surface area contributed by atoms with Crippen LogP contribution in [0.5, 0.6) is 0 Å². The molecule has 0 unspecified atom stereocenters. The smallest absolute Gasteiger partial charge is 0.222 e. The molecule has 152 valence electrons. The van der Waals surface area contributed by atoms with Crippen molar-refractivity contribution in [3.63, 3.8) is 0 Å². The van der Waals surface area contributed by atoms with Gasteiger partial charge in [-0.15, -0.1) is 0 Å². The number of hydrogen-bond donors (Lipinski definition) is 3. The Hall–Kier alpha value is -1.22. The van der Waals surface area contributed by atoms with Crippen LogP contribution in [0.2, 0.25) is 0 Å². The summed E-state index contributed by atoms with van der Waals surface area (Å²) in [4.78, 5) is 18.1. The van der Waals surface area contributed by atoms with Crippen molar-refractivity contribution in [2.75, 3.05) is 38.5 Å². The van der Waals surface area contributed by atoms with Crippen molar-refractivity contribution in [1.29, 1.82) is 0 Å². The summed E-state index contributed by atoms with van der Waals surface area (Å²) in [6.07, 6.45) is 6.28. The summed E-state index contributed by atoms with van der Waals surface area (Å²) < 4.78 is 0. The Morgan fingerprint density at radius 2 is 1.93 bits per heavy atom. The highest BCUT2D eigenvalue weighted by Gasteiger charge is 2.10. The number of nitrogens with two attached hydrogens (primary N) is 2. The molecule has 0 spiro atoms. The Balaban J connectivity index is 1.99. The highest BCUT2D eigenvalue weighted by Crippen LogP contribution is 2.29. The van der Waals surface area contributed by atoms with Gasteiger partial charge in [-0.25, -0.2) is 4.98 Å². The van der Waals surface area contributed by atoms with Crippen LogP contribution in [0, 0.1) is 0 Å². The van der Waals surface area contributed by atoms with Gasteiger partial charge in [0.15, 0.2) is 0 Å². The predicted molar refractivity (Wildman–Crippen MR) is 117 cm³/mol. The zero-order chi connectivity index (χ0) is 19.7. The first-order chi connectivity index (χ1) is 13.2. The van der Waals surface area contributed by atoms with Crippen molar-refractivity contribution in [1.82, 2.24) is 15.2 Å². The number of nitrogens with one attached hydrogen (secondary N) is 1. The minimum absolute atomic E-state index is 0.158. The Bertz CT molecular complexity index is 524. The average molecular weight is 412 g/mol. The molecule has 1 aromatic rings. The summed E-state index contributed by atoms with van der Waals surface area (Å²) >= 11 is 0. The van der Waals surface area contributed by atoms with Gasteiger partial charge >= 0.3 is 0 Å². The second kappa shape index (κ2) is 15.8. The molecule has 1 amide bonds. The number of rotatable bonds is 16. The normalized spacial score (nSPS) is 10.6. The van der Waals surface area contributed by atoms with E-state index in [1.54, 1.807) is 26.5 Å². The van der Waals surface area contributed by atoms with E-state index in [1.807, 2.05) is 24.4 Å². The molecule has 0 saturated heterocycles. The fourth-order valence-electron chi connectivity index (χ4n) is 2.43. The summed E-state index contributed by atoms with van der Waals surface area (Å²) in [5.41, 5.74) is 12.1. The van der Waals surface area contributed by atoms with E-state index in [1.165, 1.54) is 0 Å². The maximum Gasteiger partial charge on any atom is 0.222 e. The molecular weight excluding hydrogens is 378 g/mol. The number of amides is 1. The molecule has 27 heavy (non-hydrogen) atoms. The molecule has 0 aliphatic heterocycles. The van der Waals surface area contributed by atoms with Gasteiger partial charge in [0, 0.05) is 56.8 Å². The Morgan fingerprint density at radius 1 is 1.15 bits per heavy atom. The van der Waals surface area contributed by atoms with Crippen molar-refractivity contribution in [3.05, 3.63) is 36.7 Å². The van der Waals surface area contributed by atoms with Crippen LogP contribution < -0.4 is 16.8 Å². The number of aromatic nitrogens is 1. The number of nitrogens with zero attached hydrogens (tertiary/aromatic N) is 2. The number of pyridine rings is 1. The topological polar surface area (TPSA) is 97.3 Å². The first-order valence-corrected chi connectivity index (χ1v) is 11.8. The lowest BCUT2D eigenvalue weighted by Gasteiger charge is -2.21. The SMILES string of the molecule is C=C(CCSSc1ccccn1)NCCCCCC(=O)N(CCN)CCN. The third-order valence-electron chi connectivity index (χ3n) is 3.86. The Labute approximate surface area is 171 Å². The molecule has 0 saturated carbocycles. The summed E-state index contributed by atoms with van der Waals surface area (Å²) in [5.74, 6) is 1.16. The molecule has 8 heteroatoms. The summed E-state index contributed by atoms with van der Waals surface area (Å²) in [6, 6.07) is 5.94. The molecule has 0 radical (unpaired) electrons. The zero-order valence-corrected chi connectivity index (χ0v) is 17.7. The molecule has 0 aliphatic rings. The largest absolute Gasteiger partial charge is 0.389 e. The van der Waals surface area contributed by atoms with Crippen molar-refractivity contribution >= 4 is 27.5 Å². The van der Waals surface area contributed by atoms with Crippen LogP contribution in [-0.2, 0) is 4.79 Å². The van der Waals surface area contributed by atoms with Crippen molar-refractivity contribution in [2.45, 2.75) is 37.1 Å². The van der Waals surface area contributed by atoms with Crippen LogP contribution in [0.15, 0.2) is 41.7 Å². The predicted octanol–water partition coefficient (Wildman–Crippen LogP) is 2.62. The first-order valence-electron chi connectivity index (χ1n) is 9.47. The molecule has 1 aromatic heterocycles. The lowest BCUT2D eigenvalue weighted by atomic mass is 10.1. The van der Waals surface area contributed by atoms with E-state index in [0.717, 1.165) is 48.7 Å². The van der Waals surface area contributed by atoms with Crippen molar-refractivity contribution in [3.8, 4) is 0 Å². The minimum Gasteiger partial charge on any atom is -0.389 e. The molecular formula is C19H33N5OS2. The van der Waals surface area contributed by atoms with Crippen LogP contribution in [0.3, 0.4) is 0 Å². The monoisotopic (exact) mass is 411 g/mol. The van der Waals surface area contributed by atoms with Gasteiger partial charge in [-0.05, 0) is 42.2 Å². The molecule has 6 nitrogen and oxygen atoms in total. The Morgan fingerprint density at radius 3 is 2.59 bits per heavy atom. The van der Waals surface area contributed by atoms with Gasteiger partial charge in [-0.3, -0.25) is 4.79 Å². The number of unbranched alkanes of at least 4 members (excludes halogenated alkanes) is 2. The van der Waals surface area contributed by atoms with E-state index >= 15 is 0 Å². The fraction of sp³-hybridized carbons (Fsp3) is 0.579. The first kappa shape index (κ1) is 23.8. The van der Waals surface area contributed by atoms with Gasteiger partial charge in [0.25, 0.3) is 0 Å². The molecule has 0 atom stereocenters. The van der Waals surface area contributed by atoms with Gasteiger partial charge in [-0.1, -0.05) is 29.9 Å². The lowest BCUT2D eigenvalue weighted by molar-refractivity contribution is -0.131. The third-order valence-corrected chi connectivity index (χ3v) is 6.13. The van der Waals surface area contributed by atoms with Crippen LogP contribution in [0.1, 0.15) is 32.1 Å². The zero-order valence-electron chi connectivity index (χ0n) is 16.1. The minimum atomic E-state index is 0.158. The maximum absolute atomic E-state index is 12.1. The molecule has 5 N–H and O–H groups in total. The summed E-state index contributed by atoms with van der Waals surface area (Å²) in [5, 5.41) is 4.41. The third kappa shape index (κ3) is 12.0. The molecule has 0 aliphatic carbocycles. The quantitative estimate of drug-likeness (QED) is 0.284. The van der Waals surface area contributed by atoms with Gasteiger partial charge in [-0.2, -0.15) is 0 Å². The average Bonchev–Trinajstić information content (AvgIpc) is 2.68. The van der Waals surface area contributed by atoms with Gasteiger partial charge < -0.3 is 21.7 Å². The van der Waals surface area contributed by atoms with Crippen LogP contribution in [-0.4, -0.2) is 54.3 Å². The number of allylic oxidation sites excluding steroid dienone is 1.